The van der Waals surface area contributed by atoms with Crippen LogP contribution in [0.1, 0.15) is 15.9 Å². The Morgan fingerprint density at radius 3 is 2.38 bits per heavy atom. The van der Waals surface area contributed by atoms with Gasteiger partial charge in [-0.1, -0.05) is 18.2 Å². The summed E-state index contributed by atoms with van der Waals surface area (Å²) in [6.45, 7) is 2.03. The van der Waals surface area contributed by atoms with Crippen LogP contribution in [-0.2, 0) is 0 Å². The van der Waals surface area contributed by atoms with E-state index in [0.717, 1.165) is 27.9 Å². The number of carboxylic acid groups (broad SMARTS) is 1. The van der Waals surface area contributed by atoms with E-state index in [1.165, 1.54) is 18.2 Å². The fourth-order valence-corrected chi connectivity index (χ4v) is 3.44. The third-order valence-corrected chi connectivity index (χ3v) is 5.00. The van der Waals surface area contributed by atoms with Crippen molar-refractivity contribution in [3.63, 3.8) is 0 Å². The van der Waals surface area contributed by atoms with E-state index in [9.17, 15) is 14.3 Å². The van der Waals surface area contributed by atoms with Gasteiger partial charge in [0.15, 0.2) is 0 Å². The Morgan fingerprint density at radius 1 is 0.966 bits per heavy atom. The van der Waals surface area contributed by atoms with E-state index in [1.807, 2.05) is 49.2 Å². The van der Waals surface area contributed by atoms with Crippen LogP contribution < -0.4 is 4.90 Å². The smallest absolute Gasteiger partial charge is 0.335 e. The number of hydrogen-bond acceptors (Lipinski definition) is 3. The number of aromatic nitrogens is 1. The van der Waals surface area contributed by atoms with Gasteiger partial charge in [0.25, 0.3) is 0 Å². The minimum atomic E-state index is -0.983. The zero-order valence-corrected chi connectivity index (χ0v) is 16.1. The number of carbonyl (C=O) groups is 1. The number of benzene rings is 3. The average molecular weight is 386 g/mol. The third kappa shape index (κ3) is 3.55. The molecule has 0 saturated heterocycles. The number of fused-ring (bicyclic) bond motifs is 1. The summed E-state index contributed by atoms with van der Waals surface area (Å²) in [7, 11) is 1.94. The molecule has 3 aromatic carbocycles. The lowest BCUT2D eigenvalue weighted by Gasteiger charge is -2.24. The second-order valence-corrected chi connectivity index (χ2v) is 6.92. The highest BCUT2D eigenvalue weighted by Gasteiger charge is 2.16. The monoisotopic (exact) mass is 386 g/mol. The number of carboxylic acids is 1. The van der Waals surface area contributed by atoms with Crippen LogP contribution in [0.3, 0.4) is 0 Å². The molecule has 1 N–H and O–H groups in total. The Hall–Kier alpha value is -3.73. The molecule has 0 aliphatic carbocycles. The summed E-state index contributed by atoms with van der Waals surface area (Å²) in [5.41, 5.74) is 5.28. The molecule has 0 saturated carbocycles. The van der Waals surface area contributed by atoms with Gasteiger partial charge in [0.2, 0.25) is 0 Å². The molecule has 1 heterocycles. The van der Waals surface area contributed by atoms with Gasteiger partial charge in [0, 0.05) is 23.7 Å². The van der Waals surface area contributed by atoms with Crippen molar-refractivity contribution < 1.29 is 14.3 Å². The SMILES string of the molecule is Cc1ccccc1N(C)c1cc2cc(C(=O)O)ccc2nc1-c1ccc(F)cc1. The van der Waals surface area contributed by atoms with E-state index in [1.54, 1.807) is 24.3 Å². The van der Waals surface area contributed by atoms with Gasteiger partial charge in [-0.2, -0.15) is 0 Å². The highest BCUT2D eigenvalue weighted by Crippen LogP contribution is 2.36. The third-order valence-electron chi connectivity index (χ3n) is 5.00. The number of para-hydroxylation sites is 1. The fourth-order valence-electron chi connectivity index (χ4n) is 3.44. The maximum atomic E-state index is 13.5. The average Bonchev–Trinajstić information content (AvgIpc) is 2.73. The number of aryl methyl sites for hydroxylation is 1. The summed E-state index contributed by atoms with van der Waals surface area (Å²) < 4.78 is 13.5. The van der Waals surface area contributed by atoms with Crippen molar-refractivity contribution in [3.05, 3.63) is 89.7 Å². The first kappa shape index (κ1) is 18.6. The number of nitrogens with zero attached hydrogens (tertiary/aromatic N) is 2. The summed E-state index contributed by atoms with van der Waals surface area (Å²) >= 11 is 0. The number of rotatable bonds is 4. The van der Waals surface area contributed by atoms with Crippen LogP contribution >= 0.6 is 0 Å². The van der Waals surface area contributed by atoms with Crippen LogP contribution in [0.4, 0.5) is 15.8 Å². The maximum Gasteiger partial charge on any atom is 0.335 e. The zero-order chi connectivity index (χ0) is 20.5. The highest BCUT2D eigenvalue weighted by molar-refractivity contribution is 5.96. The lowest BCUT2D eigenvalue weighted by atomic mass is 10.0. The zero-order valence-electron chi connectivity index (χ0n) is 16.1. The Labute approximate surface area is 167 Å². The van der Waals surface area contributed by atoms with E-state index in [0.29, 0.717) is 11.2 Å². The summed E-state index contributed by atoms with van der Waals surface area (Å²) in [6, 6.07) is 21.0. The molecule has 4 aromatic rings. The van der Waals surface area contributed by atoms with Crippen molar-refractivity contribution in [2.75, 3.05) is 11.9 Å². The van der Waals surface area contributed by atoms with Crippen LogP contribution in [0.5, 0.6) is 0 Å². The topological polar surface area (TPSA) is 53.4 Å². The lowest BCUT2D eigenvalue weighted by Crippen LogP contribution is -2.13. The van der Waals surface area contributed by atoms with Gasteiger partial charge in [0.05, 0.1) is 22.5 Å². The normalized spacial score (nSPS) is 10.9. The van der Waals surface area contributed by atoms with Crippen LogP contribution in [0.25, 0.3) is 22.2 Å². The molecule has 0 fully saturated rings. The highest BCUT2D eigenvalue weighted by atomic mass is 19.1. The first-order valence-corrected chi connectivity index (χ1v) is 9.17. The molecule has 5 heteroatoms. The molecule has 0 bridgehead atoms. The van der Waals surface area contributed by atoms with Crippen LogP contribution in [0.15, 0.2) is 72.8 Å². The maximum absolute atomic E-state index is 13.5. The molecule has 0 aliphatic heterocycles. The Bertz CT molecular complexity index is 1220. The first-order chi connectivity index (χ1) is 13.9. The predicted octanol–water partition coefficient (Wildman–Crippen LogP) is 5.82. The van der Waals surface area contributed by atoms with E-state index in [-0.39, 0.29) is 11.4 Å². The largest absolute Gasteiger partial charge is 0.478 e. The predicted molar refractivity (Wildman–Crippen MR) is 113 cm³/mol. The van der Waals surface area contributed by atoms with E-state index < -0.39 is 5.97 Å². The standard InChI is InChI=1S/C24H19FN2O2/c1-15-5-3-4-6-21(15)27(2)22-14-18-13-17(24(28)29)9-12-20(18)26-23(22)16-7-10-19(25)11-8-16/h3-14H,1-2H3,(H,28,29). The van der Waals surface area contributed by atoms with Crippen LogP contribution in [0, 0.1) is 12.7 Å². The number of halogens is 1. The molecule has 0 atom stereocenters. The first-order valence-electron chi connectivity index (χ1n) is 9.17. The minimum absolute atomic E-state index is 0.207. The van der Waals surface area contributed by atoms with Gasteiger partial charge in [-0.05, 0) is 67.1 Å². The van der Waals surface area contributed by atoms with Gasteiger partial charge in [0.1, 0.15) is 5.82 Å². The summed E-state index contributed by atoms with van der Waals surface area (Å²) in [6.07, 6.45) is 0. The van der Waals surface area contributed by atoms with Gasteiger partial charge in [-0.25, -0.2) is 14.2 Å². The van der Waals surface area contributed by atoms with E-state index in [2.05, 4.69) is 0 Å². The molecule has 0 unspecified atom stereocenters. The molecular formula is C24H19FN2O2. The van der Waals surface area contributed by atoms with Crippen molar-refractivity contribution in [1.29, 1.82) is 0 Å². The van der Waals surface area contributed by atoms with E-state index >= 15 is 0 Å². The second kappa shape index (κ2) is 7.36. The molecule has 0 radical (unpaired) electrons. The quantitative estimate of drug-likeness (QED) is 0.480. The number of anilines is 2. The van der Waals surface area contributed by atoms with E-state index in [4.69, 9.17) is 4.98 Å². The van der Waals surface area contributed by atoms with Crippen molar-refractivity contribution in [2.24, 2.45) is 0 Å². The molecule has 4 nitrogen and oxygen atoms in total. The van der Waals surface area contributed by atoms with Gasteiger partial charge < -0.3 is 10.0 Å². The molecule has 144 valence electrons. The Kier molecular flexibility index (Phi) is 4.72. The lowest BCUT2D eigenvalue weighted by molar-refractivity contribution is 0.0697. The molecule has 0 aliphatic rings. The second-order valence-electron chi connectivity index (χ2n) is 6.92. The van der Waals surface area contributed by atoms with Gasteiger partial charge in [-0.15, -0.1) is 0 Å². The van der Waals surface area contributed by atoms with Crippen molar-refractivity contribution >= 4 is 28.2 Å². The van der Waals surface area contributed by atoms with Crippen LogP contribution in [0.2, 0.25) is 0 Å². The molecule has 1 aromatic heterocycles. The van der Waals surface area contributed by atoms with Crippen molar-refractivity contribution in [1.82, 2.24) is 4.98 Å². The van der Waals surface area contributed by atoms with Crippen molar-refractivity contribution in [2.45, 2.75) is 6.92 Å². The molecule has 0 spiro atoms. The molecule has 4 rings (SSSR count). The molecule has 0 amide bonds. The Balaban J connectivity index is 1.97. The number of hydrogen-bond donors (Lipinski definition) is 1. The minimum Gasteiger partial charge on any atom is -0.478 e. The molecular weight excluding hydrogens is 367 g/mol. The summed E-state index contributed by atoms with van der Waals surface area (Å²) in [5.74, 6) is -1.29. The van der Waals surface area contributed by atoms with Crippen molar-refractivity contribution in [3.8, 4) is 11.3 Å². The fraction of sp³-hybridized carbons (Fsp3) is 0.0833. The summed E-state index contributed by atoms with van der Waals surface area (Å²) in [5, 5.41) is 10.1. The molecule has 29 heavy (non-hydrogen) atoms. The van der Waals surface area contributed by atoms with Gasteiger partial charge >= 0.3 is 5.97 Å². The Morgan fingerprint density at radius 2 is 1.69 bits per heavy atom. The van der Waals surface area contributed by atoms with Crippen LogP contribution in [-0.4, -0.2) is 23.1 Å². The number of aromatic carboxylic acids is 1. The summed E-state index contributed by atoms with van der Waals surface area (Å²) in [4.78, 5) is 18.2. The number of pyridine rings is 1. The van der Waals surface area contributed by atoms with Gasteiger partial charge in [-0.3, -0.25) is 0 Å².